The van der Waals surface area contributed by atoms with Crippen molar-refractivity contribution in [1.82, 2.24) is 18.8 Å². The summed E-state index contributed by atoms with van der Waals surface area (Å²) >= 11 is 5.81. The molecule has 4 aromatic rings. The van der Waals surface area contributed by atoms with Gasteiger partial charge in [0.15, 0.2) is 0 Å². The molecule has 30 heavy (non-hydrogen) atoms. The molecular formula is C20H15ClFN5O2S. The molecule has 4 rings (SSSR count). The minimum absolute atomic E-state index is 0.108. The summed E-state index contributed by atoms with van der Waals surface area (Å²) in [6, 6.07) is 10.8. The molecule has 1 aromatic carbocycles. The molecule has 0 bridgehead atoms. The van der Waals surface area contributed by atoms with E-state index in [2.05, 4.69) is 15.1 Å². The molecule has 0 saturated heterocycles. The first-order valence-corrected chi connectivity index (χ1v) is 10.5. The first kappa shape index (κ1) is 20.0. The number of fused-ring (bicyclic) bond motifs is 1. The number of hydrogen-bond donors (Lipinski definition) is 0. The molecule has 0 spiro atoms. The Kier molecular flexibility index (Phi) is 5.23. The van der Waals surface area contributed by atoms with E-state index in [0.29, 0.717) is 15.8 Å². The van der Waals surface area contributed by atoms with Gasteiger partial charge >= 0.3 is 0 Å². The molecule has 0 aliphatic carbocycles. The normalized spacial score (nSPS) is 12.0. The van der Waals surface area contributed by atoms with E-state index in [1.54, 1.807) is 23.0 Å². The first-order valence-electron chi connectivity index (χ1n) is 8.72. The summed E-state index contributed by atoms with van der Waals surface area (Å²) in [5.74, 6) is -0.905. The molecular weight excluding hydrogens is 429 g/mol. The second kappa shape index (κ2) is 7.85. The van der Waals surface area contributed by atoms with Crippen LogP contribution in [0.1, 0.15) is 5.69 Å². The van der Waals surface area contributed by atoms with E-state index in [-0.39, 0.29) is 5.02 Å². The quantitative estimate of drug-likeness (QED) is 0.346. The molecule has 7 nitrogen and oxygen atoms in total. The third-order valence-electron chi connectivity index (χ3n) is 4.40. The van der Waals surface area contributed by atoms with Crippen molar-refractivity contribution in [1.29, 1.82) is 0 Å². The molecule has 0 N–H and O–H groups in total. The molecule has 0 saturated carbocycles. The van der Waals surface area contributed by atoms with E-state index in [1.807, 2.05) is 30.5 Å². The minimum Gasteiger partial charge on any atom is -0.298 e. The summed E-state index contributed by atoms with van der Waals surface area (Å²) in [5, 5.41) is 4.08. The smallest absolute Gasteiger partial charge is 0.281 e. The number of nitrogens with zero attached hydrogens (tertiary/aromatic N) is 5. The van der Waals surface area contributed by atoms with Crippen LogP contribution in [0.25, 0.3) is 16.8 Å². The van der Waals surface area contributed by atoms with Gasteiger partial charge < -0.3 is 0 Å². The van der Waals surface area contributed by atoms with Crippen LogP contribution in [0.4, 0.5) is 4.39 Å². The Labute approximate surface area is 177 Å². The van der Waals surface area contributed by atoms with Crippen molar-refractivity contribution in [2.45, 2.75) is 4.90 Å². The van der Waals surface area contributed by atoms with E-state index in [0.717, 1.165) is 23.3 Å². The predicted octanol–water partition coefficient (Wildman–Crippen LogP) is 3.84. The van der Waals surface area contributed by atoms with Gasteiger partial charge in [-0.2, -0.15) is 17.9 Å². The second-order valence-electron chi connectivity index (χ2n) is 6.33. The largest absolute Gasteiger partial charge is 0.298 e. The number of pyridine rings is 2. The van der Waals surface area contributed by atoms with Crippen LogP contribution in [-0.4, -0.2) is 40.5 Å². The third-order valence-corrected chi connectivity index (χ3v) is 6.29. The second-order valence-corrected chi connectivity index (χ2v) is 8.68. The Morgan fingerprint density at radius 2 is 2.00 bits per heavy atom. The highest BCUT2D eigenvalue weighted by atomic mass is 35.5. The lowest BCUT2D eigenvalue weighted by Gasteiger charge is -2.14. The number of halogens is 2. The van der Waals surface area contributed by atoms with Gasteiger partial charge in [0.1, 0.15) is 16.4 Å². The zero-order valence-electron chi connectivity index (χ0n) is 15.6. The van der Waals surface area contributed by atoms with Crippen LogP contribution < -0.4 is 0 Å². The maximum Gasteiger partial charge on any atom is 0.281 e. The van der Waals surface area contributed by atoms with Crippen LogP contribution in [0, 0.1) is 5.82 Å². The van der Waals surface area contributed by atoms with Gasteiger partial charge in [0, 0.05) is 41.8 Å². The van der Waals surface area contributed by atoms with Crippen molar-refractivity contribution in [3.05, 3.63) is 83.8 Å². The number of aromatic nitrogens is 3. The zero-order valence-corrected chi connectivity index (χ0v) is 17.2. The topological polar surface area (TPSA) is 79.9 Å². The van der Waals surface area contributed by atoms with Gasteiger partial charge in [-0.05, 0) is 36.4 Å². The molecule has 0 radical (unpaired) electrons. The Morgan fingerprint density at radius 3 is 2.77 bits per heavy atom. The van der Waals surface area contributed by atoms with E-state index in [9.17, 15) is 12.8 Å². The van der Waals surface area contributed by atoms with Crippen LogP contribution in [0.15, 0.2) is 77.2 Å². The van der Waals surface area contributed by atoms with E-state index < -0.39 is 20.7 Å². The van der Waals surface area contributed by atoms with Gasteiger partial charge in [-0.25, -0.2) is 9.37 Å². The van der Waals surface area contributed by atoms with Crippen LogP contribution in [0.3, 0.4) is 0 Å². The Bertz CT molecular complexity index is 1360. The summed E-state index contributed by atoms with van der Waals surface area (Å²) in [7, 11) is -2.99. The van der Waals surface area contributed by atoms with Gasteiger partial charge in [0.05, 0.1) is 18.1 Å². The SMILES string of the molecule is CN(/N=C/c1cnc2ccc(-c3cccnc3)cn12)S(=O)(=O)c1cc(Cl)ccc1F. The average molecular weight is 444 g/mol. The minimum atomic E-state index is -4.21. The Balaban J connectivity index is 1.67. The summed E-state index contributed by atoms with van der Waals surface area (Å²) in [6.07, 6.45) is 8.19. The van der Waals surface area contributed by atoms with Crippen LogP contribution >= 0.6 is 11.6 Å². The lowest BCUT2D eigenvalue weighted by Crippen LogP contribution is -2.23. The summed E-state index contributed by atoms with van der Waals surface area (Å²) in [4.78, 5) is 7.85. The molecule has 3 aromatic heterocycles. The van der Waals surface area contributed by atoms with Crippen LogP contribution in [0.2, 0.25) is 5.02 Å². The summed E-state index contributed by atoms with van der Waals surface area (Å²) in [5.41, 5.74) is 3.04. The number of hydrazone groups is 1. The number of imidazole rings is 1. The number of rotatable bonds is 5. The van der Waals surface area contributed by atoms with Gasteiger partial charge in [0.25, 0.3) is 10.0 Å². The van der Waals surface area contributed by atoms with Crippen LogP contribution in [0.5, 0.6) is 0 Å². The summed E-state index contributed by atoms with van der Waals surface area (Å²) in [6.45, 7) is 0. The maximum absolute atomic E-state index is 14.0. The fourth-order valence-electron chi connectivity index (χ4n) is 2.82. The summed E-state index contributed by atoms with van der Waals surface area (Å²) < 4.78 is 41.8. The lowest BCUT2D eigenvalue weighted by molar-refractivity contribution is 0.481. The number of sulfonamides is 1. The van der Waals surface area contributed by atoms with Crippen molar-refractivity contribution >= 4 is 33.5 Å². The highest BCUT2D eigenvalue weighted by Crippen LogP contribution is 2.23. The third kappa shape index (κ3) is 3.77. The van der Waals surface area contributed by atoms with Crippen molar-refractivity contribution in [3.63, 3.8) is 0 Å². The number of benzene rings is 1. The highest BCUT2D eigenvalue weighted by Gasteiger charge is 2.24. The maximum atomic E-state index is 14.0. The molecule has 0 amide bonds. The van der Waals surface area contributed by atoms with Gasteiger partial charge in [-0.15, -0.1) is 0 Å². The molecule has 0 fully saturated rings. The van der Waals surface area contributed by atoms with Gasteiger partial charge in [-0.3, -0.25) is 9.38 Å². The highest BCUT2D eigenvalue weighted by molar-refractivity contribution is 7.89. The molecule has 0 unspecified atom stereocenters. The molecule has 0 atom stereocenters. The van der Waals surface area contributed by atoms with Crippen molar-refractivity contribution in [2.24, 2.45) is 5.10 Å². The molecule has 10 heteroatoms. The molecule has 0 aliphatic rings. The van der Waals surface area contributed by atoms with Gasteiger partial charge in [-0.1, -0.05) is 17.7 Å². The van der Waals surface area contributed by atoms with E-state index >= 15 is 0 Å². The molecule has 0 aliphatic heterocycles. The van der Waals surface area contributed by atoms with Crippen molar-refractivity contribution < 1.29 is 12.8 Å². The zero-order chi connectivity index (χ0) is 21.3. The van der Waals surface area contributed by atoms with Crippen LogP contribution in [-0.2, 0) is 10.0 Å². The average Bonchev–Trinajstić information content (AvgIpc) is 3.16. The molecule has 3 heterocycles. The molecule has 152 valence electrons. The predicted molar refractivity (Wildman–Crippen MR) is 112 cm³/mol. The van der Waals surface area contributed by atoms with Gasteiger partial charge in [0.2, 0.25) is 0 Å². The fourth-order valence-corrected chi connectivity index (χ4v) is 4.10. The monoisotopic (exact) mass is 443 g/mol. The standard InChI is InChI=1S/C20H15ClFN5O2S/c1-26(30(28,29)19-9-16(21)5-6-18(19)22)25-12-17-11-24-20-7-4-15(13-27(17)20)14-3-2-8-23-10-14/h2-13H,1H3/b25-12+. The van der Waals surface area contributed by atoms with E-state index in [4.69, 9.17) is 11.6 Å². The van der Waals surface area contributed by atoms with E-state index in [1.165, 1.54) is 19.3 Å². The fraction of sp³-hybridized carbons (Fsp3) is 0.0500. The Morgan fingerprint density at radius 1 is 1.17 bits per heavy atom. The van der Waals surface area contributed by atoms with Crippen molar-refractivity contribution in [3.8, 4) is 11.1 Å². The number of hydrogen-bond acceptors (Lipinski definition) is 5. The van der Waals surface area contributed by atoms with Crippen molar-refractivity contribution in [2.75, 3.05) is 7.05 Å². The Hall–Kier alpha value is -3.30. The first-order chi connectivity index (χ1) is 14.4. The lowest BCUT2D eigenvalue weighted by atomic mass is 10.1.